The van der Waals surface area contributed by atoms with Gasteiger partial charge < -0.3 is 20.5 Å². The zero-order chi connectivity index (χ0) is 25.3. The fraction of sp³-hybridized carbons (Fsp3) is 0.500. The minimum atomic E-state index is -4.65. The molecule has 0 bridgehead atoms. The van der Waals surface area contributed by atoms with Crippen LogP contribution in [0.5, 0.6) is 0 Å². The van der Waals surface area contributed by atoms with Gasteiger partial charge in [0.15, 0.2) is 5.78 Å². The van der Waals surface area contributed by atoms with Crippen molar-refractivity contribution in [2.45, 2.75) is 48.6 Å². The molecule has 2 amide bonds. The molecule has 34 heavy (non-hydrogen) atoms. The van der Waals surface area contributed by atoms with Gasteiger partial charge >= 0.3 is 12.1 Å². The van der Waals surface area contributed by atoms with Crippen molar-refractivity contribution in [1.29, 1.82) is 0 Å². The van der Waals surface area contributed by atoms with Gasteiger partial charge in [-0.1, -0.05) is 18.9 Å². The number of halogens is 3. The molecule has 2 saturated heterocycles. The molecular weight excluding hydrogens is 499 g/mol. The fourth-order valence-corrected chi connectivity index (χ4v) is 4.37. The van der Waals surface area contributed by atoms with Crippen molar-refractivity contribution in [3.05, 3.63) is 35.4 Å². The first kappa shape index (κ1) is 26.3. The van der Waals surface area contributed by atoms with Crippen LogP contribution >= 0.6 is 25.4 Å². The Morgan fingerprint density at radius 3 is 2.59 bits per heavy atom. The van der Waals surface area contributed by atoms with Crippen LogP contribution in [0.25, 0.3) is 0 Å². The summed E-state index contributed by atoms with van der Waals surface area (Å²) in [5.41, 5.74) is -1.31. The number of thiol groups is 2. The van der Waals surface area contributed by atoms with E-state index in [1.807, 2.05) is 0 Å². The van der Waals surface area contributed by atoms with E-state index in [9.17, 15) is 37.5 Å². The average molecular weight is 522 g/mol. The number of cyclic esters (lactones) is 1. The van der Waals surface area contributed by atoms with Gasteiger partial charge in [0.05, 0.1) is 16.7 Å². The number of nitrogens with zero attached hydrogens (tertiary/aromatic N) is 1. The van der Waals surface area contributed by atoms with Gasteiger partial charge in [-0.25, -0.2) is 0 Å². The van der Waals surface area contributed by atoms with Gasteiger partial charge in [0.2, 0.25) is 12.2 Å². The van der Waals surface area contributed by atoms with E-state index in [4.69, 9.17) is 0 Å². The first-order chi connectivity index (χ1) is 15.8. The number of esters is 1. The molecule has 9 nitrogen and oxygen atoms in total. The highest BCUT2D eigenvalue weighted by atomic mass is 32.1. The molecule has 2 aliphatic rings. The number of carbonyl (C=O) groups excluding carboxylic acids is 4. The number of rotatable bonds is 5. The first-order valence-corrected chi connectivity index (χ1v) is 11.0. The Kier molecular flexibility index (Phi) is 7.85. The van der Waals surface area contributed by atoms with E-state index in [0.29, 0.717) is 6.07 Å². The summed E-state index contributed by atoms with van der Waals surface area (Å²) in [6.45, 7) is 0.148. The summed E-state index contributed by atoms with van der Waals surface area (Å²) in [7, 11) is 0. The SMILES string of the molecule is O=C(CC1(S)CCN(S)CC(NC(=O)c2cccc(C(F)(F)F)c2)C1=O)NC1CC(=O)OC1O. The maximum absolute atomic E-state index is 13.3. The van der Waals surface area contributed by atoms with E-state index in [1.54, 1.807) is 0 Å². The number of hydrogen-bond donors (Lipinski definition) is 5. The van der Waals surface area contributed by atoms with Gasteiger partial charge in [-0.2, -0.15) is 25.8 Å². The summed E-state index contributed by atoms with van der Waals surface area (Å²) >= 11 is 8.66. The van der Waals surface area contributed by atoms with Crippen molar-refractivity contribution < 1.29 is 42.2 Å². The molecule has 2 aliphatic heterocycles. The zero-order valence-corrected chi connectivity index (χ0v) is 19.3. The molecule has 2 fully saturated rings. The largest absolute Gasteiger partial charge is 0.434 e. The van der Waals surface area contributed by atoms with Gasteiger partial charge in [0.1, 0.15) is 12.1 Å². The zero-order valence-electron chi connectivity index (χ0n) is 17.5. The highest BCUT2D eigenvalue weighted by Gasteiger charge is 2.45. The van der Waals surface area contributed by atoms with E-state index in [0.717, 1.165) is 12.1 Å². The summed E-state index contributed by atoms with van der Waals surface area (Å²) < 4.78 is 43.4. The minimum absolute atomic E-state index is 0.0692. The molecule has 1 aromatic rings. The Morgan fingerprint density at radius 2 is 1.97 bits per heavy atom. The van der Waals surface area contributed by atoms with Crippen molar-refractivity contribution in [3.63, 3.8) is 0 Å². The number of hydrogen-bond acceptors (Lipinski definition) is 9. The first-order valence-electron chi connectivity index (χ1n) is 10.1. The normalized spacial score (nSPS) is 28.2. The average Bonchev–Trinajstić information content (AvgIpc) is 3.01. The Hall–Kier alpha value is -2.29. The quantitative estimate of drug-likeness (QED) is 0.286. The molecule has 4 atom stereocenters. The van der Waals surface area contributed by atoms with E-state index < -0.39 is 64.8 Å². The molecule has 14 heteroatoms. The number of aliphatic hydroxyl groups excluding tert-OH is 1. The second-order valence-electron chi connectivity index (χ2n) is 8.10. The van der Waals surface area contributed by atoms with Crippen molar-refractivity contribution >= 4 is 49.0 Å². The lowest BCUT2D eigenvalue weighted by Gasteiger charge is -2.28. The molecule has 0 radical (unpaired) electrons. The Balaban J connectivity index is 1.73. The maximum Gasteiger partial charge on any atom is 0.416 e. The number of ether oxygens (including phenoxy) is 1. The summed E-state index contributed by atoms with van der Waals surface area (Å²) in [5, 5.41) is 14.5. The Morgan fingerprint density at radius 1 is 1.26 bits per heavy atom. The highest BCUT2D eigenvalue weighted by Crippen LogP contribution is 2.32. The van der Waals surface area contributed by atoms with Crippen LogP contribution < -0.4 is 10.6 Å². The third kappa shape index (κ3) is 6.23. The molecule has 0 spiro atoms. The molecule has 186 valence electrons. The molecule has 3 rings (SSSR count). The maximum atomic E-state index is 13.3. The second kappa shape index (κ2) is 10.1. The van der Waals surface area contributed by atoms with Crippen LogP contribution in [-0.2, 0) is 25.3 Å². The molecule has 3 N–H and O–H groups in total. The monoisotopic (exact) mass is 521 g/mol. The Labute approximate surface area is 203 Å². The lowest BCUT2D eigenvalue weighted by atomic mass is 9.91. The topological polar surface area (TPSA) is 125 Å². The van der Waals surface area contributed by atoms with Crippen LogP contribution in [0, 0.1) is 0 Å². The third-order valence-corrected chi connectivity index (χ3v) is 6.46. The predicted molar refractivity (Wildman–Crippen MR) is 118 cm³/mol. The number of carbonyl (C=O) groups is 4. The second-order valence-corrected chi connectivity index (χ2v) is 9.52. The predicted octanol–water partition coefficient (Wildman–Crippen LogP) is 0.732. The standard InChI is InChI=1S/C20H22F3N3O6S2/c21-20(22,23)11-3-1-2-10(6-11)17(30)25-13-9-26(34)5-4-19(33,16(13)29)8-14(27)24-12-7-15(28)32-18(12)31/h1-3,6,12-13,18,31,33-34H,4-5,7-9H2,(H,24,27)(H,25,30). The number of Topliss-reactive ketones (excluding diaryl/α,β-unsaturated/α-hetero) is 1. The highest BCUT2D eigenvalue weighted by molar-refractivity contribution is 7.82. The van der Waals surface area contributed by atoms with Crippen molar-refractivity contribution in [1.82, 2.24) is 14.9 Å². The van der Waals surface area contributed by atoms with Crippen molar-refractivity contribution in [2.24, 2.45) is 0 Å². The summed E-state index contributed by atoms with van der Waals surface area (Å²) in [5.74, 6) is -2.90. The summed E-state index contributed by atoms with van der Waals surface area (Å²) in [6, 6.07) is 1.57. The van der Waals surface area contributed by atoms with Crippen molar-refractivity contribution in [3.8, 4) is 0 Å². The van der Waals surface area contributed by atoms with E-state index in [-0.39, 0.29) is 31.5 Å². The Bertz CT molecular complexity index is 995. The van der Waals surface area contributed by atoms with Gasteiger partial charge in [-0.05, 0) is 24.6 Å². The molecule has 0 aromatic heterocycles. The summed E-state index contributed by atoms with van der Waals surface area (Å²) in [6.07, 6.45) is -6.76. The smallest absolute Gasteiger partial charge is 0.416 e. The van der Waals surface area contributed by atoms with Gasteiger partial charge in [-0.3, -0.25) is 23.5 Å². The summed E-state index contributed by atoms with van der Waals surface area (Å²) in [4.78, 5) is 49.7. The van der Waals surface area contributed by atoms with Crippen LogP contribution in [-0.4, -0.2) is 69.2 Å². The van der Waals surface area contributed by atoms with Gasteiger partial charge in [0, 0.05) is 25.1 Å². The minimum Gasteiger partial charge on any atom is -0.434 e. The van der Waals surface area contributed by atoms with Crippen LogP contribution in [0.1, 0.15) is 35.2 Å². The molecule has 0 saturated carbocycles. The number of amides is 2. The van der Waals surface area contributed by atoms with E-state index in [1.165, 1.54) is 10.4 Å². The number of aliphatic hydroxyl groups is 1. The fourth-order valence-electron chi connectivity index (χ4n) is 3.70. The van der Waals surface area contributed by atoms with Crippen molar-refractivity contribution in [2.75, 3.05) is 13.1 Å². The molecule has 0 aliphatic carbocycles. The molecule has 4 unspecified atom stereocenters. The van der Waals surface area contributed by atoms with Gasteiger partial charge in [-0.15, -0.1) is 0 Å². The van der Waals surface area contributed by atoms with Crippen LogP contribution in [0.15, 0.2) is 24.3 Å². The van der Waals surface area contributed by atoms with Crippen LogP contribution in [0.3, 0.4) is 0 Å². The molecular formula is C20H22F3N3O6S2. The van der Waals surface area contributed by atoms with E-state index in [2.05, 4.69) is 40.8 Å². The molecule has 1 aromatic carbocycles. The van der Waals surface area contributed by atoms with Crippen LogP contribution in [0.4, 0.5) is 13.2 Å². The molecule has 2 heterocycles. The van der Waals surface area contributed by atoms with E-state index >= 15 is 0 Å². The van der Waals surface area contributed by atoms with Gasteiger partial charge in [0.25, 0.3) is 5.91 Å². The number of benzene rings is 1. The number of alkyl halides is 3. The lowest BCUT2D eigenvalue weighted by Crippen LogP contribution is -2.53. The third-order valence-electron chi connectivity index (χ3n) is 5.49. The number of ketones is 1. The van der Waals surface area contributed by atoms with Crippen LogP contribution in [0.2, 0.25) is 0 Å². The lowest BCUT2D eigenvalue weighted by molar-refractivity contribution is -0.155. The number of nitrogens with one attached hydrogen (secondary N) is 2.